The molecule has 1 fully saturated rings. The van der Waals surface area contributed by atoms with E-state index in [1.807, 2.05) is 12.1 Å². The molecule has 0 unspecified atom stereocenters. The zero-order valence-corrected chi connectivity index (χ0v) is 12.6. The lowest BCUT2D eigenvalue weighted by Gasteiger charge is -2.19. The molecule has 110 valence electrons. The first-order chi connectivity index (χ1) is 9.70. The van der Waals surface area contributed by atoms with Crippen molar-refractivity contribution >= 4 is 11.6 Å². The van der Waals surface area contributed by atoms with E-state index < -0.39 is 0 Å². The molecule has 1 heterocycles. The van der Waals surface area contributed by atoms with Crippen molar-refractivity contribution in [2.75, 3.05) is 18.5 Å². The van der Waals surface area contributed by atoms with Gasteiger partial charge < -0.3 is 10.2 Å². The Labute approximate surface area is 121 Å². The van der Waals surface area contributed by atoms with Gasteiger partial charge in [-0.25, -0.2) is 0 Å². The fraction of sp³-hybridized carbons (Fsp3) is 0.625. The Hall–Kier alpha value is -1.58. The summed E-state index contributed by atoms with van der Waals surface area (Å²) in [5.41, 5.74) is 1.59. The smallest absolute Gasteiger partial charge is 0.270 e. The molecule has 0 saturated heterocycles. The zero-order chi connectivity index (χ0) is 14.4. The third kappa shape index (κ3) is 3.95. The van der Waals surface area contributed by atoms with E-state index in [2.05, 4.69) is 29.2 Å². The molecule has 4 nitrogen and oxygen atoms in total. The van der Waals surface area contributed by atoms with Crippen molar-refractivity contribution in [2.45, 2.75) is 51.5 Å². The van der Waals surface area contributed by atoms with Gasteiger partial charge in [-0.05, 0) is 31.4 Å². The molecule has 0 radical (unpaired) electrons. The summed E-state index contributed by atoms with van der Waals surface area (Å²) in [7, 11) is 2.06. The average molecular weight is 275 g/mol. The van der Waals surface area contributed by atoms with Crippen LogP contribution in [0.2, 0.25) is 0 Å². The maximum atomic E-state index is 12.2. The van der Waals surface area contributed by atoms with E-state index in [0.29, 0.717) is 11.7 Å². The third-order valence-electron chi connectivity index (χ3n) is 3.95. The molecule has 1 aromatic rings. The Morgan fingerprint density at radius 3 is 2.90 bits per heavy atom. The van der Waals surface area contributed by atoms with Crippen LogP contribution in [0.15, 0.2) is 18.3 Å². The minimum absolute atomic E-state index is 0.0392. The highest BCUT2D eigenvalue weighted by atomic mass is 16.1. The minimum Gasteiger partial charge on any atom is -0.374 e. The maximum absolute atomic E-state index is 12.2. The monoisotopic (exact) mass is 275 g/mol. The van der Waals surface area contributed by atoms with Gasteiger partial charge in [-0.3, -0.25) is 9.78 Å². The van der Waals surface area contributed by atoms with E-state index in [1.165, 1.54) is 19.3 Å². The molecule has 0 aromatic carbocycles. The second-order valence-corrected chi connectivity index (χ2v) is 5.63. The van der Waals surface area contributed by atoms with Gasteiger partial charge in [-0.1, -0.05) is 26.2 Å². The minimum atomic E-state index is -0.0392. The largest absolute Gasteiger partial charge is 0.374 e. The van der Waals surface area contributed by atoms with Crippen LogP contribution < -0.4 is 10.2 Å². The van der Waals surface area contributed by atoms with E-state index in [9.17, 15) is 4.79 Å². The summed E-state index contributed by atoms with van der Waals surface area (Å²) in [6, 6.07) is 4.19. The number of nitrogens with one attached hydrogen (secondary N) is 1. The van der Waals surface area contributed by atoms with Crippen molar-refractivity contribution in [3.8, 4) is 0 Å². The van der Waals surface area contributed by atoms with E-state index >= 15 is 0 Å². The molecule has 2 rings (SSSR count). The highest BCUT2D eigenvalue weighted by Crippen LogP contribution is 2.19. The molecule has 0 aliphatic heterocycles. The maximum Gasteiger partial charge on any atom is 0.270 e. The number of hydrogen-bond acceptors (Lipinski definition) is 3. The molecular weight excluding hydrogens is 250 g/mol. The molecule has 1 saturated carbocycles. The van der Waals surface area contributed by atoms with E-state index in [4.69, 9.17) is 0 Å². The standard InChI is InChI=1S/C16H25N3O/c1-3-4-11-19(2)14-9-10-17-15(12-14)16(20)18-13-7-5-6-8-13/h9-10,12-13H,3-8,11H2,1-2H3,(H,18,20). The van der Waals surface area contributed by atoms with Crippen LogP contribution in [0.25, 0.3) is 0 Å². The summed E-state index contributed by atoms with van der Waals surface area (Å²) in [4.78, 5) is 18.6. The molecule has 4 heteroatoms. The predicted molar refractivity (Wildman–Crippen MR) is 82.1 cm³/mol. The van der Waals surface area contributed by atoms with Crippen LogP contribution in [-0.2, 0) is 0 Å². The number of unbranched alkanes of at least 4 members (excludes halogenated alkanes) is 1. The molecule has 0 bridgehead atoms. The molecule has 1 aliphatic carbocycles. The lowest BCUT2D eigenvalue weighted by atomic mass is 10.2. The first kappa shape index (κ1) is 14.8. The zero-order valence-electron chi connectivity index (χ0n) is 12.6. The summed E-state index contributed by atoms with van der Waals surface area (Å²) in [5.74, 6) is -0.0392. The topological polar surface area (TPSA) is 45.2 Å². The SMILES string of the molecule is CCCCN(C)c1ccnc(C(=O)NC2CCCC2)c1. The van der Waals surface area contributed by atoms with E-state index in [-0.39, 0.29) is 5.91 Å². The van der Waals surface area contributed by atoms with Gasteiger partial charge in [0, 0.05) is 31.5 Å². The van der Waals surface area contributed by atoms with E-state index in [0.717, 1.165) is 31.5 Å². The number of hydrogen-bond donors (Lipinski definition) is 1. The van der Waals surface area contributed by atoms with Gasteiger partial charge >= 0.3 is 0 Å². The lowest BCUT2D eigenvalue weighted by Crippen LogP contribution is -2.33. The van der Waals surface area contributed by atoms with Gasteiger partial charge in [-0.2, -0.15) is 0 Å². The normalized spacial score (nSPS) is 15.3. The summed E-state index contributed by atoms with van der Waals surface area (Å²) in [6.45, 7) is 3.19. The van der Waals surface area contributed by atoms with E-state index in [1.54, 1.807) is 6.20 Å². The Morgan fingerprint density at radius 1 is 1.45 bits per heavy atom. The fourth-order valence-electron chi connectivity index (χ4n) is 2.63. The number of amides is 1. The molecule has 20 heavy (non-hydrogen) atoms. The van der Waals surface area contributed by atoms with Crippen molar-refractivity contribution in [2.24, 2.45) is 0 Å². The molecule has 0 spiro atoms. The summed E-state index contributed by atoms with van der Waals surface area (Å²) in [5, 5.41) is 3.08. The first-order valence-corrected chi connectivity index (χ1v) is 7.68. The number of pyridine rings is 1. The van der Waals surface area contributed by atoms with Crippen LogP contribution in [-0.4, -0.2) is 30.5 Å². The van der Waals surface area contributed by atoms with Gasteiger partial charge in [0.2, 0.25) is 0 Å². The summed E-state index contributed by atoms with van der Waals surface area (Å²) in [6.07, 6.45) is 8.69. The third-order valence-corrected chi connectivity index (χ3v) is 3.95. The van der Waals surface area contributed by atoms with Crippen LogP contribution in [0.4, 0.5) is 5.69 Å². The van der Waals surface area contributed by atoms with Gasteiger partial charge in [0.1, 0.15) is 5.69 Å². The van der Waals surface area contributed by atoms with Crippen LogP contribution in [0.5, 0.6) is 0 Å². The summed E-state index contributed by atoms with van der Waals surface area (Å²) < 4.78 is 0. The van der Waals surface area contributed by atoms with Crippen molar-refractivity contribution in [3.05, 3.63) is 24.0 Å². The molecular formula is C16H25N3O. The van der Waals surface area contributed by atoms with Gasteiger partial charge in [0.05, 0.1) is 0 Å². The quantitative estimate of drug-likeness (QED) is 0.868. The lowest BCUT2D eigenvalue weighted by molar-refractivity contribution is 0.0933. The molecule has 1 aromatic heterocycles. The highest BCUT2D eigenvalue weighted by Gasteiger charge is 2.18. The fourth-order valence-corrected chi connectivity index (χ4v) is 2.63. The predicted octanol–water partition coefficient (Wildman–Crippen LogP) is 2.99. The number of aromatic nitrogens is 1. The van der Waals surface area contributed by atoms with Crippen LogP contribution in [0.1, 0.15) is 55.9 Å². The van der Waals surface area contributed by atoms with Crippen LogP contribution in [0.3, 0.4) is 0 Å². The number of rotatable bonds is 6. The second kappa shape index (κ2) is 7.27. The summed E-state index contributed by atoms with van der Waals surface area (Å²) >= 11 is 0. The molecule has 1 aliphatic rings. The van der Waals surface area contributed by atoms with Crippen molar-refractivity contribution < 1.29 is 4.79 Å². The molecule has 1 amide bonds. The number of carbonyl (C=O) groups excluding carboxylic acids is 1. The molecule has 1 N–H and O–H groups in total. The Morgan fingerprint density at radius 2 is 2.20 bits per heavy atom. The second-order valence-electron chi connectivity index (χ2n) is 5.63. The van der Waals surface area contributed by atoms with Crippen molar-refractivity contribution in [1.29, 1.82) is 0 Å². The van der Waals surface area contributed by atoms with Crippen LogP contribution >= 0.6 is 0 Å². The van der Waals surface area contributed by atoms with Crippen molar-refractivity contribution in [1.82, 2.24) is 10.3 Å². The number of anilines is 1. The Bertz CT molecular complexity index is 441. The Balaban J connectivity index is 1.98. The van der Waals surface area contributed by atoms with Crippen molar-refractivity contribution in [3.63, 3.8) is 0 Å². The molecule has 0 atom stereocenters. The van der Waals surface area contributed by atoms with Crippen LogP contribution in [0, 0.1) is 0 Å². The number of nitrogens with zero attached hydrogens (tertiary/aromatic N) is 2. The highest BCUT2D eigenvalue weighted by molar-refractivity contribution is 5.93. The van der Waals surface area contributed by atoms with Gasteiger partial charge in [0.25, 0.3) is 5.91 Å². The number of carbonyl (C=O) groups is 1. The Kier molecular flexibility index (Phi) is 5.39. The van der Waals surface area contributed by atoms with Gasteiger partial charge in [0.15, 0.2) is 0 Å². The first-order valence-electron chi connectivity index (χ1n) is 7.68. The average Bonchev–Trinajstić information content (AvgIpc) is 2.97. The van der Waals surface area contributed by atoms with Gasteiger partial charge in [-0.15, -0.1) is 0 Å².